The van der Waals surface area contributed by atoms with Crippen molar-refractivity contribution in [1.82, 2.24) is 0 Å². The lowest BCUT2D eigenvalue weighted by atomic mass is 10.1. The molecule has 0 bridgehead atoms. The van der Waals surface area contributed by atoms with Crippen molar-refractivity contribution in [2.45, 2.75) is 32.3 Å². The van der Waals surface area contributed by atoms with Gasteiger partial charge in [-0.2, -0.15) is 0 Å². The van der Waals surface area contributed by atoms with E-state index in [4.69, 9.17) is 9.47 Å². The minimum atomic E-state index is -0.608. The van der Waals surface area contributed by atoms with Crippen LogP contribution in [0.5, 0.6) is 11.5 Å². The fourth-order valence-corrected chi connectivity index (χ4v) is 3.08. The molecule has 1 amide bonds. The van der Waals surface area contributed by atoms with Gasteiger partial charge in [-0.05, 0) is 62.6 Å². The molecule has 1 heterocycles. The molecule has 138 valence electrons. The van der Waals surface area contributed by atoms with Gasteiger partial charge in [0.1, 0.15) is 11.5 Å². The number of carbonyl (C=O) groups is 1. The van der Waals surface area contributed by atoms with Crippen molar-refractivity contribution in [3.63, 3.8) is 0 Å². The van der Waals surface area contributed by atoms with Crippen molar-refractivity contribution in [3.05, 3.63) is 48.5 Å². The lowest BCUT2D eigenvalue weighted by Gasteiger charge is -2.28. The number of amides is 1. The molecule has 0 saturated carbocycles. The number of ether oxygens (including phenoxy) is 2. The fraction of sp³-hybridized carbons (Fsp3) is 0.381. The molecule has 3 rings (SSSR count). The summed E-state index contributed by atoms with van der Waals surface area (Å²) in [6.07, 6.45) is 3.20. The average molecular weight is 354 g/mol. The highest BCUT2D eigenvalue weighted by atomic mass is 16.5. The Morgan fingerprint density at radius 2 is 1.73 bits per heavy atom. The van der Waals surface area contributed by atoms with E-state index in [-0.39, 0.29) is 5.91 Å². The van der Waals surface area contributed by atoms with E-state index in [9.17, 15) is 4.79 Å². The number of hydrogen-bond donors (Lipinski definition) is 1. The lowest BCUT2D eigenvalue weighted by Crippen LogP contribution is -2.30. The zero-order valence-corrected chi connectivity index (χ0v) is 15.4. The van der Waals surface area contributed by atoms with Gasteiger partial charge in [-0.1, -0.05) is 6.07 Å². The van der Waals surface area contributed by atoms with Crippen molar-refractivity contribution in [2.75, 3.05) is 30.4 Å². The third-order valence-electron chi connectivity index (χ3n) is 4.58. The summed E-state index contributed by atoms with van der Waals surface area (Å²) in [5.74, 6) is 1.12. The summed E-state index contributed by atoms with van der Waals surface area (Å²) in [5, 5.41) is 2.91. The summed E-state index contributed by atoms with van der Waals surface area (Å²) >= 11 is 0. The van der Waals surface area contributed by atoms with Gasteiger partial charge in [0.15, 0.2) is 6.10 Å². The molecule has 1 N–H and O–H groups in total. The first kappa shape index (κ1) is 18.1. The predicted octanol–water partition coefficient (Wildman–Crippen LogP) is 4.09. The van der Waals surface area contributed by atoms with Crippen molar-refractivity contribution in [3.8, 4) is 11.5 Å². The SMILES string of the molecule is COc1cccc(O[C@H](C)C(=O)Nc2ccc(N3CCCCC3)cc2)c1. The summed E-state index contributed by atoms with van der Waals surface area (Å²) in [4.78, 5) is 14.8. The highest BCUT2D eigenvalue weighted by Crippen LogP contribution is 2.23. The van der Waals surface area contributed by atoms with E-state index in [1.165, 1.54) is 24.9 Å². The Morgan fingerprint density at radius 1 is 1.04 bits per heavy atom. The summed E-state index contributed by atoms with van der Waals surface area (Å²) in [6.45, 7) is 3.95. The van der Waals surface area contributed by atoms with Gasteiger partial charge >= 0.3 is 0 Å². The maximum absolute atomic E-state index is 12.4. The highest BCUT2D eigenvalue weighted by Gasteiger charge is 2.16. The molecule has 1 aliphatic heterocycles. The van der Waals surface area contributed by atoms with Crippen molar-refractivity contribution < 1.29 is 14.3 Å². The topological polar surface area (TPSA) is 50.8 Å². The minimum absolute atomic E-state index is 0.182. The average Bonchev–Trinajstić information content (AvgIpc) is 2.69. The van der Waals surface area contributed by atoms with Gasteiger partial charge < -0.3 is 19.7 Å². The lowest BCUT2D eigenvalue weighted by molar-refractivity contribution is -0.122. The van der Waals surface area contributed by atoms with Crippen LogP contribution in [-0.2, 0) is 4.79 Å². The summed E-state index contributed by atoms with van der Waals surface area (Å²) in [6, 6.07) is 15.2. The zero-order chi connectivity index (χ0) is 18.4. The number of carbonyl (C=O) groups excluding carboxylic acids is 1. The Morgan fingerprint density at radius 3 is 2.42 bits per heavy atom. The summed E-state index contributed by atoms with van der Waals surface area (Å²) in [7, 11) is 1.60. The molecule has 0 spiro atoms. The Labute approximate surface area is 154 Å². The van der Waals surface area contributed by atoms with E-state index in [0.29, 0.717) is 11.5 Å². The first-order valence-electron chi connectivity index (χ1n) is 9.12. The fourth-order valence-electron chi connectivity index (χ4n) is 3.08. The quantitative estimate of drug-likeness (QED) is 0.849. The molecule has 1 aliphatic rings. The van der Waals surface area contributed by atoms with Crippen LogP contribution in [0.1, 0.15) is 26.2 Å². The van der Waals surface area contributed by atoms with Crippen LogP contribution < -0.4 is 19.7 Å². The van der Waals surface area contributed by atoms with Crippen LogP contribution in [0, 0.1) is 0 Å². The smallest absolute Gasteiger partial charge is 0.265 e. The van der Waals surface area contributed by atoms with E-state index in [0.717, 1.165) is 18.8 Å². The van der Waals surface area contributed by atoms with Gasteiger partial charge in [-0.15, -0.1) is 0 Å². The van der Waals surface area contributed by atoms with E-state index in [2.05, 4.69) is 22.3 Å². The Balaban J connectivity index is 1.56. The first-order valence-corrected chi connectivity index (χ1v) is 9.12. The van der Waals surface area contributed by atoms with Gasteiger partial charge in [0.25, 0.3) is 5.91 Å². The van der Waals surface area contributed by atoms with Gasteiger partial charge in [0.2, 0.25) is 0 Å². The normalized spacial score (nSPS) is 15.2. The largest absolute Gasteiger partial charge is 0.497 e. The van der Waals surface area contributed by atoms with Crippen LogP contribution in [0.4, 0.5) is 11.4 Å². The van der Waals surface area contributed by atoms with Crippen LogP contribution >= 0.6 is 0 Å². The molecule has 0 unspecified atom stereocenters. The number of hydrogen-bond acceptors (Lipinski definition) is 4. The third kappa shape index (κ3) is 4.69. The number of rotatable bonds is 6. The molecule has 5 heteroatoms. The Bertz CT molecular complexity index is 724. The van der Waals surface area contributed by atoms with Gasteiger partial charge in [0, 0.05) is 30.5 Å². The van der Waals surface area contributed by atoms with E-state index in [1.54, 1.807) is 26.2 Å². The molecular weight excluding hydrogens is 328 g/mol. The molecule has 2 aromatic carbocycles. The molecule has 0 aromatic heterocycles. The molecular formula is C21H26N2O3. The maximum atomic E-state index is 12.4. The Hall–Kier alpha value is -2.69. The van der Waals surface area contributed by atoms with Crippen LogP contribution in [0.2, 0.25) is 0 Å². The second kappa shape index (κ2) is 8.61. The van der Waals surface area contributed by atoms with Gasteiger partial charge in [-0.25, -0.2) is 0 Å². The molecule has 26 heavy (non-hydrogen) atoms. The van der Waals surface area contributed by atoms with E-state index in [1.807, 2.05) is 24.3 Å². The summed E-state index contributed by atoms with van der Waals surface area (Å²) < 4.78 is 10.9. The number of methoxy groups -OCH3 is 1. The molecule has 0 aliphatic carbocycles. The van der Waals surface area contributed by atoms with E-state index < -0.39 is 6.10 Å². The predicted molar refractivity (Wildman–Crippen MR) is 104 cm³/mol. The molecule has 2 aromatic rings. The standard InChI is InChI=1S/C21H26N2O3/c1-16(26-20-8-6-7-19(15-20)25-2)21(24)22-17-9-11-18(12-10-17)23-13-4-3-5-14-23/h6-12,15-16H,3-5,13-14H2,1-2H3,(H,22,24)/t16-/m1/s1. The van der Waals surface area contributed by atoms with Gasteiger partial charge in [-0.3, -0.25) is 4.79 Å². The first-order chi connectivity index (χ1) is 12.7. The molecule has 1 saturated heterocycles. The van der Waals surface area contributed by atoms with Crippen molar-refractivity contribution in [1.29, 1.82) is 0 Å². The molecule has 1 fully saturated rings. The number of anilines is 2. The molecule has 1 atom stereocenters. The zero-order valence-electron chi connectivity index (χ0n) is 15.4. The van der Waals surface area contributed by atoms with Crippen LogP contribution in [0.3, 0.4) is 0 Å². The number of piperidine rings is 1. The van der Waals surface area contributed by atoms with Crippen molar-refractivity contribution in [2.24, 2.45) is 0 Å². The number of nitrogens with one attached hydrogen (secondary N) is 1. The second-order valence-electron chi connectivity index (χ2n) is 6.52. The summed E-state index contributed by atoms with van der Waals surface area (Å²) in [5.41, 5.74) is 1.99. The monoisotopic (exact) mass is 354 g/mol. The second-order valence-corrected chi connectivity index (χ2v) is 6.52. The van der Waals surface area contributed by atoms with Crippen LogP contribution in [-0.4, -0.2) is 32.2 Å². The number of nitrogens with zero attached hydrogens (tertiary/aromatic N) is 1. The Kier molecular flexibility index (Phi) is 6.00. The molecule has 0 radical (unpaired) electrons. The van der Waals surface area contributed by atoms with Gasteiger partial charge in [0.05, 0.1) is 7.11 Å². The number of benzene rings is 2. The molecule has 5 nitrogen and oxygen atoms in total. The van der Waals surface area contributed by atoms with E-state index >= 15 is 0 Å². The minimum Gasteiger partial charge on any atom is -0.497 e. The van der Waals surface area contributed by atoms with Crippen LogP contribution in [0.15, 0.2) is 48.5 Å². The third-order valence-corrected chi connectivity index (χ3v) is 4.58. The van der Waals surface area contributed by atoms with Crippen LogP contribution in [0.25, 0.3) is 0 Å². The van der Waals surface area contributed by atoms with Crippen molar-refractivity contribution >= 4 is 17.3 Å². The highest BCUT2D eigenvalue weighted by molar-refractivity contribution is 5.94. The maximum Gasteiger partial charge on any atom is 0.265 e.